The molecule has 0 spiro atoms. The van der Waals surface area contributed by atoms with Gasteiger partial charge in [0.2, 0.25) is 5.95 Å². The number of rotatable bonds is 4. The molecule has 0 saturated carbocycles. The van der Waals surface area contributed by atoms with E-state index < -0.39 is 0 Å². The van der Waals surface area contributed by atoms with Gasteiger partial charge in [-0.2, -0.15) is 10.1 Å². The highest BCUT2D eigenvalue weighted by molar-refractivity contribution is 6.02. The van der Waals surface area contributed by atoms with E-state index in [9.17, 15) is 4.79 Å². The minimum absolute atomic E-state index is 0.197. The van der Waals surface area contributed by atoms with E-state index in [2.05, 4.69) is 25.5 Å². The van der Waals surface area contributed by atoms with Crippen LogP contribution in [0.1, 0.15) is 0 Å². The lowest BCUT2D eigenvalue weighted by atomic mass is 10.2. The van der Waals surface area contributed by atoms with Crippen LogP contribution in [0.25, 0.3) is 27.6 Å². The Morgan fingerprint density at radius 2 is 1.88 bits per heavy atom. The molecule has 0 saturated heterocycles. The summed E-state index contributed by atoms with van der Waals surface area (Å²) in [5.41, 5.74) is 1.54. The first-order valence-corrected chi connectivity index (χ1v) is 10.2. The van der Waals surface area contributed by atoms with Gasteiger partial charge in [-0.3, -0.25) is 14.5 Å². The van der Waals surface area contributed by atoms with Gasteiger partial charge in [0, 0.05) is 12.4 Å². The fourth-order valence-corrected chi connectivity index (χ4v) is 3.86. The largest absolute Gasteiger partial charge is 0.486 e. The number of nitrogens with one attached hydrogen (secondary N) is 2. The Bertz CT molecular complexity index is 1490. The summed E-state index contributed by atoms with van der Waals surface area (Å²) in [4.78, 5) is 22.3. The molecule has 9 nitrogen and oxygen atoms in total. The van der Waals surface area contributed by atoms with Crippen molar-refractivity contribution >= 4 is 27.9 Å². The number of pyridine rings is 1. The summed E-state index contributed by atoms with van der Waals surface area (Å²) < 4.78 is 13.3. The Hall–Kier alpha value is -4.40. The van der Waals surface area contributed by atoms with Gasteiger partial charge in [0.1, 0.15) is 18.2 Å². The lowest BCUT2D eigenvalue weighted by molar-refractivity contribution is 0.0996. The number of hydrogen-bond donors (Lipinski definition) is 2. The molecule has 1 atom stereocenters. The summed E-state index contributed by atoms with van der Waals surface area (Å²) in [5, 5.41) is 11.4. The molecule has 2 N–H and O–H groups in total. The summed E-state index contributed by atoms with van der Waals surface area (Å²) in [5.74, 6) is 1.84. The van der Waals surface area contributed by atoms with Crippen LogP contribution in [0, 0.1) is 0 Å². The molecule has 4 heterocycles. The van der Waals surface area contributed by atoms with E-state index in [1.165, 1.54) is 0 Å². The molecule has 3 aromatic heterocycles. The quantitative estimate of drug-likeness (QED) is 0.455. The van der Waals surface area contributed by atoms with E-state index in [4.69, 9.17) is 9.47 Å². The van der Waals surface area contributed by atoms with Crippen LogP contribution in [0.3, 0.4) is 0 Å². The van der Waals surface area contributed by atoms with Gasteiger partial charge < -0.3 is 14.8 Å². The van der Waals surface area contributed by atoms with Crippen LogP contribution in [-0.2, 0) is 0 Å². The molecule has 0 aliphatic carbocycles. The Morgan fingerprint density at radius 3 is 2.75 bits per heavy atom. The fourth-order valence-electron chi connectivity index (χ4n) is 3.86. The van der Waals surface area contributed by atoms with Crippen molar-refractivity contribution in [3.05, 3.63) is 77.3 Å². The van der Waals surface area contributed by atoms with Gasteiger partial charge in [0.15, 0.2) is 17.1 Å². The number of fused-ring (bicyclic) bond motifs is 4. The topological polar surface area (TPSA) is 107 Å². The number of ether oxygens (including phenoxy) is 2. The van der Waals surface area contributed by atoms with Crippen LogP contribution < -0.4 is 20.3 Å². The molecule has 0 radical (unpaired) electrons. The molecule has 5 aromatic rings. The van der Waals surface area contributed by atoms with Gasteiger partial charge in [-0.25, -0.2) is 4.98 Å². The van der Waals surface area contributed by atoms with Crippen LogP contribution in [0.2, 0.25) is 0 Å². The minimum Gasteiger partial charge on any atom is -0.486 e. The highest BCUT2D eigenvalue weighted by Gasteiger charge is 2.21. The summed E-state index contributed by atoms with van der Waals surface area (Å²) in [6.07, 6.45) is 3.08. The normalized spacial score (nSPS) is 15.2. The molecule has 2 aromatic carbocycles. The van der Waals surface area contributed by atoms with Gasteiger partial charge in [-0.1, -0.05) is 30.3 Å². The Balaban J connectivity index is 1.37. The maximum Gasteiger partial charge on any atom is 0.267 e. The zero-order chi connectivity index (χ0) is 21.5. The second-order valence-corrected chi connectivity index (χ2v) is 7.43. The maximum atomic E-state index is 13.2. The summed E-state index contributed by atoms with van der Waals surface area (Å²) in [7, 11) is 0. The van der Waals surface area contributed by atoms with Crippen LogP contribution in [0.5, 0.6) is 11.5 Å². The van der Waals surface area contributed by atoms with Gasteiger partial charge in [0.25, 0.3) is 5.56 Å². The first kappa shape index (κ1) is 18.4. The molecule has 0 fully saturated rings. The molecular formula is C23H18N6O3. The number of hydrogen-bond acceptors (Lipinski definition) is 7. The molecule has 6 rings (SSSR count). The van der Waals surface area contributed by atoms with Crippen LogP contribution in [0.4, 0.5) is 5.95 Å². The van der Waals surface area contributed by atoms with Gasteiger partial charge in [0.05, 0.1) is 23.0 Å². The fraction of sp³-hybridized carbons (Fsp3) is 0.130. The van der Waals surface area contributed by atoms with Crippen molar-refractivity contribution in [1.82, 2.24) is 24.7 Å². The van der Waals surface area contributed by atoms with Crippen molar-refractivity contribution in [2.75, 3.05) is 18.5 Å². The molecule has 9 heteroatoms. The van der Waals surface area contributed by atoms with E-state index in [0.29, 0.717) is 46.8 Å². The molecule has 1 unspecified atom stereocenters. The van der Waals surface area contributed by atoms with Crippen molar-refractivity contribution < 1.29 is 9.47 Å². The molecule has 0 bridgehead atoms. The summed E-state index contributed by atoms with van der Waals surface area (Å²) in [6.45, 7) is 0.861. The summed E-state index contributed by atoms with van der Waals surface area (Å²) >= 11 is 0. The molecule has 158 valence electrons. The zero-order valence-corrected chi connectivity index (χ0v) is 16.9. The van der Waals surface area contributed by atoms with Crippen molar-refractivity contribution in [1.29, 1.82) is 0 Å². The van der Waals surface area contributed by atoms with Gasteiger partial charge in [-0.15, -0.1) is 0 Å². The highest BCUT2D eigenvalue weighted by atomic mass is 16.6. The third kappa shape index (κ3) is 3.02. The van der Waals surface area contributed by atoms with Crippen molar-refractivity contribution in [2.24, 2.45) is 0 Å². The smallest absolute Gasteiger partial charge is 0.267 e. The third-order valence-electron chi connectivity index (χ3n) is 5.38. The van der Waals surface area contributed by atoms with E-state index >= 15 is 0 Å². The number of para-hydroxylation sites is 3. The second kappa shape index (κ2) is 7.38. The number of aromatic nitrogens is 5. The SMILES string of the molecule is O=c1c2c[nH]nc2c2cnc(NCC3COc4ccccc4O3)nc2n1-c1ccccc1. The van der Waals surface area contributed by atoms with E-state index in [1.54, 1.807) is 17.0 Å². The van der Waals surface area contributed by atoms with Crippen molar-refractivity contribution in [3.63, 3.8) is 0 Å². The first-order chi connectivity index (χ1) is 15.8. The minimum atomic E-state index is -0.200. The average Bonchev–Trinajstić information content (AvgIpc) is 3.34. The predicted molar refractivity (Wildman–Crippen MR) is 120 cm³/mol. The molecule has 32 heavy (non-hydrogen) atoms. The van der Waals surface area contributed by atoms with Crippen molar-refractivity contribution in [2.45, 2.75) is 6.10 Å². The lowest BCUT2D eigenvalue weighted by Gasteiger charge is -2.26. The van der Waals surface area contributed by atoms with Crippen LogP contribution in [0.15, 0.2) is 71.8 Å². The number of aromatic amines is 1. The Morgan fingerprint density at radius 1 is 1.06 bits per heavy atom. The monoisotopic (exact) mass is 426 g/mol. The lowest BCUT2D eigenvalue weighted by Crippen LogP contribution is -2.35. The Labute approximate surface area is 181 Å². The van der Waals surface area contributed by atoms with E-state index in [1.807, 2.05) is 54.6 Å². The predicted octanol–water partition coefficient (Wildman–Crippen LogP) is 2.91. The highest BCUT2D eigenvalue weighted by Crippen LogP contribution is 2.31. The van der Waals surface area contributed by atoms with Crippen molar-refractivity contribution in [3.8, 4) is 17.2 Å². The summed E-state index contributed by atoms with van der Waals surface area (Å²) in [6, 6.07) is 17.0. The average molecular weight is 426 g/mol. The van der Waals surface area contributed by atoms with E-state index in [0.717, 1.165) is 11.4 Å². The zero-order valence-electron chi connectivity index (χ0n) is 16.9. The second-order valence-electron chi connectivity index (χ2n) is 7.43. The molecule has 0 amide bonds. The van der Waals surface area contributed by atoms with Crippen LogP contribution >= 0.6 is 0 Å². The van der Waals surface area contributed by atoms with E-state index in [-0.39, 0.29) is 11.7 Å². The number of benzene rings is 2. The number of H-pyrrole nitrogens is 1. The standard InChI is InChI=1S/C23H18N6O3/c30-22-17-12-26-28-20(17)16-11-25-23(27-21(16)29(22)14-6-2-1-3-7-14)24-10-15-13-31-18-8-4-5-9-19(18)32-15/h1-9,11-12,15H,10,13H2,(H,26,28)(H,24,25,27). The van der Waals surface area contributed by atoms with Gasteiger partial charge >= 0.3 is 0 Å². The molecule has 1 aliphatic heterocycles. The van der Waals surface area contributed by atoms with Gasteiger partial charge in [-0.05, 0) is 24.3 Å². The first-order valence-electron chi connectivity index (χ1n) is 10.2. The number of nitrogens with zero attached hydrogens (tertiary/aromatic N) is 4. The maximum absolute atomic E-state index is 13.2. The third-order valence-corrected chi connectivity index (χ3v) is 5.38. The molecule has 1 aliphatic rings. The Kier molecular flexibility index (Phi) is 4.24. The molecular weight excluding hydrogens is 408 g/mol. The number of anilines is 1. The van der Waals surface area contributed by atoms with Crippen LogP contribution in [-0.4, -0.2) is 44.0 Å².